The normalized spacial score (nSPS) is 14.8. The maximum Gasteiger partial charge on any atom is 0.0502 e. The molecule has 0 spiro atoms. The van der Waals surface area contributed by atoms with Gasteiger partial charge in [0.15, 0.2) is 0 Å². The molecule has 0 atom stereocenters. The molecular weight excluding hydrogens is 833 g/mol. The molecule has 1 aliphatic carbocycles. The minimum atomic E-state index is -0.160. The molecule has 0 saturated carbocycles. The van der Waals surface area contributed by atoms with Crippen LogP contribution in [0.4, 0.5) is 34.1 Å². The van der Waals surface area contributed by atoms with Gasteiger partial charge >= 0.3 is 0 Å². The lowest BCUT2D eigenvalue weighted by Crippen LogP contribution is -2.30. The van der Waals surface area contributed by atoms with Crippen LogP contribution < -0.4 is 9.80 Å². The summed E-state index contributed by atoms with van der Waals surface area (Å²) in [5, 5.41) is 7.41. The van der Waals surface area contributed by atoms with E-state index in [1.54, 1.807) is 0 Å². The Bertz CT molecular complexity index is 3860. The second-order valence-corrected chi connectivity index (χ2v) is 20.4. The summed E-state index contributed by atoms with van der Waals surface area (Å²) < 4.78 is 0. The highest BCUT2D eigenvalue weighted by molar-refractivity contribution is 6.25. The van der Waals surface area contributed by atoms with E-state index in [1.165, 1.54) is 122 Å². The Morgan fingerprint density at radius 3 is 1.36 bits per heavy atom. The highest BCUT2D eigenvalue weighted by Gasteiger charge is 2.38. The summed E-state index contributed by atoms with van der Waals surface area (Å²) in [7, 11) is 0. The Morgan fingerprint density at radius 2 is 0.768 bits per heavy atom. The largest absolute Gasteiger partial charge is 0.310 e. The maximum atomic E-state index is 2.51. The molecule has 14 rings (SSSR count). The third-order valence-electron chi connectivity index (χ3n) is 16.0. The molecule has 11 aromatic carbocycles. The number of fused-ring (bicyclic) bond motifs is 10. The van der Waals surface area contributed by atoms with Gasteiger partial charge in [-0.15, -0.1) is 0 Å². The molecule has 0 N–H and O–H groups in total. The quantitative estimate of drug-likeness (QED) is 0.163. The van der Waals surface area contributed by atoms with Crippen LogP contribution in [0.1, 0.15) is 61.1 Å². The van der Waals surface area contributed by atoms with Crippen molar-refractivity contribution in [1.29, 1.82) is 0 Å². The Balaban J connectivity index is 1.11. The fourth-order valence-corrected chi connectivity index (χ4v) is 12.7. The summed E-state index contributed by atoms with van der Waals surface area (Å²) in [4.78, 5) is 5.02. The van der Waals surface area contributed by atoms with Crippen molar-refractivity contribution in [3.63, 3.8) is 0 Å². The third kappa shape index (κ3) is 5.73. The highest BCUT2D eigenvalue weighted by Crippen LogP contribution is 2.56. The first kappa shape index (κ1) is 39.9. The predicted octanol–water partition coefficient (Wildman–Crippen LogP) is 18.3. The van der Waals surface area contributed by atoms with E-state index in [-0.39, 0.29) is 10.8 Å². The van der Waals surface area contributed by atoms with Gasteiger partial charge < -0.3 is 9.80 Å². The fourth-order valence-electron chi connectivity index (χ4n) is 12.7. The monoisotopic (exact) mass is 882 g/mol. The Morgan fingerprint density at radius 1 is 0.319 bits per heavy atom. The predicted molar refractivity (Wildman–Crippen MR) is 292 cm³/mol. The fraction of sp³-hybridized carbons (Fsp3) is 0.104. The van der Waals surface area contributed by atoms with Gasteiger partial charge in [0.2, 0.25) is 0 Å². The van der Waals surface area contributed by atoms with Crippen molar-refractivity contribution in [2.24, 2.45) is 0 Å². The molecule has 2 aliphatic heterocycles. The maximum absolute atomic E-state index is 2.51. The number of rotatable bonds is 4. The Kier molecular flexibility index (Phi) is 8.48. The third-order valence-corrected chi connectivity index (χ3v) is 16.0. The average molecular weight is 883 g/mol. The second kappa shape index (κ2) is 14.6. The minimum Gasteiger partial charge on any atom is -0.310 e. The van der Waals surface area contributed by atoms with Crippen molar-refractivity contribution >= 4 is 66.4 Å². The molecule has 0 aromatic heterocycles. The molecule has 2 nitrogen and oxygen atoms in total. The van der Waals surface area contributed by atoms with Gasteiger partial charge in [0.25, 0.3) is 0 Å². The number of benzene rings is 11. The van der Waals surface area contributed by atoms with Crippen LogP contribution in [0.5, 0.6) is 0 Å². The SMILES string of the molecule is CC1(C)c2ccccc2N(c2ccc3c(-c4cccc5ccccc45)c4cc(N5c6ccccc6C(C)(C)c6ccccc65)ccc4c(-c4ccc5c(c4)-c4ccccc4C5)c3c2)c2ccccc21. The number of nitrogens with zero attached hydrogens (tertiary/aromatic N) is 2. The molecular formula is C67H50N2. The Labute approximate surface area is 404 Å². The van der Waals surface area contributed by atoms with Crippen LogP contribution in [0.15, 0.2) is 218 Å². The van der Waals surface area contributed by atoms with Gasteiger partial charge in [-0.05, 0) is 160 Å². The van der Waals surface area contributed by atoms with E-state index in [9.17, 15) is 0 Å². The summed E-state index contributed by atoms with van der Waals surface area (Å²) >= 11 is 0. The number of hydrogen-bond donors (Lipinski definition) is 0. The van der Waals surface area contributed by atoms with Crippen molar-refractivity contribution in [3.8, 4) is 33.4 Å². The molecule has 69 heavy (non-hydrogen) atoms. The van der Waals surface area contributed by atoms with Crippen LogP contribution in [-0.4, -0.2) is 0 Å². The molecule has 0 amide bonds. The first-order valence-corrected chi connectivity index (χ1v) is 24.5. The lowest BCUT2D eigenvalue weighted by atomic mass is 9.73. The van der Waals surface area contributed by atoms with E-state index in [2.05, 4.69) is 256 Å². The van der Waals surface area contributed by atoms with Crippen molar-refractivity contribution in [2.75, 3.05) is 9.80 Å². The van der Waals surface area contributed by atoms with Gasteiger partial charge in [-0.2, -0.15) is 0 Å². The average Bonchev–Trinajstić information content (AvgIpc) is 3.76. The molecule has 11 aromatic rings. The van der Waals surface area contributed by atoms with E-state index in [1.807, 2.05) is 0 Å². The van der Waals surface area contributed by atoms with Crippen LogP contribution in [0.25, 0.3) is 65.7 Å². The number of anilines is 6. The molecule has 3 aliphatic rings. The highest BCUT2D eigenvalue weighted by atomic mass is 15.2. The van der Waals surface area contributed by atoms with Crippen molar-refractivity contribution in [2.45, 2.75) is 44.9 Å². The second-order valence-electron chi connectivity index (χ2n) is 20.4. The summed E-state index contributed by atoms with van der Waals surface area (Å²) in [5.74, 6) is 0. The number of para-hydroxylation sites is 4. The molecule has 0 fully saturated rings. The summed E-state index contributed by atoms with van der Waals surface area (Å²) in [6, 6.07) is 82.6. The standard InChI is InChI=1S/C67H50N2/c1-66(2)56-24-9-13-28-60(56)68(61-29-14-10-25-57(61)66)46-35-37-52-54(40-46)64(45-33-32-44-38-43-19-6-8-22-49(43)53(44)39-45)51-36-34-47(41-55(51)65(52)50-23-17-20-42-18-5-7-21-48(42)50)69-62-30-15-11-26-58(62)67(3,4)59-27-12-16-31-63(59)69/h5-37,39-41H,38H2,1-4H3. The zero-order chi connectivity index (χ0) is 46.2. The molecule has 2 heterocycles. The van der Waals surface area contributed by atoms with Gasteiger partial charge in [0.05, 0.1) is 22.7 Å². The molecule has 0 bridgehead atoms. The van der Waals surface area contributed by atoms with Gasteiger partial charge in [-0.25, -0.2) is 0 Å². The molecule has 2 heteroatoms. The Hall–Kier alpha value is -8.20. The molecule has 0 radical (unpaired) electrons. The zero-order valence-corrected chi connectivity index (χ0v) is 39.4. The van der Waals surface area contributed by atoms with E-state index in [4.69, 9.17) is 0 Å². The van der Waals surface area contributed by atoms with Crippen LogP contribution in [0.2, 0.25) is 0 Å². The van der Waals surface area contributed by atoms with Crippen LogP contribution in [0.3, 0.4) is 0 Å². The lowest BCUT2D eigenvalue weighted by Gasteiger charge is -2.42. The van der Waals surface area contributed by atoms with Crippen molar-refractivity contribution in [1.82, 2.24) is 0 Å². The van der Waals surface area contributed by atoms with E-state index in [0.29, 0.717) is 0 Å². The van der Waals surface area contributed by atoms with Crippen molar-refractivity contribution < 1.29 is 0 Å². The summed E-state index contributed by atoms with van der Waals surface area (Å²) in [6.07, 6.45) is 0.959. The molecule has 328 valence electrons. The van der Waals surface area contributed by atoms with E-state index in [0.717, 1.165) is 17.8 Å². The van der Waals surface area contributed by atoms with Gasteiger partial charge in [-0.3, -0.25) is 0 Å². The number of hydrogen-bond acceptors (Lipinski definition) is 2. The van der Waals surface area contributed by atoms with E-state index < -0.39 is 0 Å². The lowest BCUT2D eigenvalue weighted by molar-refractivity contribution is 0.632. The first-order chi connectivity index (χ1) is 33.8. The van der Waals surface area contributed by atoms with Gasteiger partial charge in [0.1, 0.15) is 0 Å². The molecule has 0 saturated heterocycles. The zero-order valence-electron chi connectivity index (χ0n) is 39.4. The van der Waals surface area contributed by atoms with Gasteiger partial charge in [-0.1, -0.05) is 191 Å². The van der Waals surface area contributed by atoms with Crippen molar-refractivity contribution in [3.05, 3.63) is 252 Å². The van der Waals surface area contributed by atoms with Crippen LogP contribution in [0, 0.1) is 0 Å². The topological polar surface area (TPSA) is 6.48 Å². The summed E-state index contributed by atoms with van der Waals surface area (Å²) in [5.41, 5.74) is 22.6. The van der Waals surface area contributed by atoms with Crippen LogP contribution in [-0.2, 0) is 17.3 Å². The summed E-state index contributed by atoms with van der Waals surface area (Å²) in [6.45, 7) is 9.46. The van der Waals surface area contributed by atoms with E-state index >= 15 is 0 Å². The first-order valence-electron chi connectivity index (χ1n) is 24.5. The van der Waals surface area contributed by atoms with Gasteiger partial charge in [0, 0.05) is 22.2 Å². The molecule has 0 unspecified atom stereocenters. The van der Waals surface area contributed by atoms with Crippen LogP contribution >= 0.6 is 0 Å². The minimum absolute atomic E-state index is 0.160. The smallest absolute Gasteiger partial charge is 0.0502 e.